The third kappa shape index (κ3) is 6.79. The van der Waals surface area contributed by atoms with E-state index in [4.69, 9.17) is 14.8 Å². The van der Waals surface area contributed by atoms with Crippen LogP contribution in [0.25, 0.3) is 5.69 Å². The molecule has 3 aromatic rings. The lowest BCUT2D eigenvalue weighted by molar-refractivity contribution is -0.137. The summed E-state index contributed by atoms with van der Waals surface area (Å²) in [6.45, 7) is 10.9. The van der Waals surface area contributed by atoms with E-state index in [-0.39, 0.29) is 12.3 Å². The number of carbonyl (C=O) groups is 1. The van der Waals surface area contributed by atoms with E-state index >= 15 is 0 Å². The lowest BCUT2D eigenvalue weighted by Gasteiger charge is -2.31. The van der Waals surface area contributed by atoms with Crippen LogP contribution in [0.4, 0.5) is 11.5 Å². The van der Waals surface area contributed by atoms with Crippen molar-refractivity contribution in [1.82, 2.24) is 19.7 Å². The Hall–Kier alpha value is -3.43. The van der Waals surface area contributed by atoms with Crippen molar-refractivity contribution < 1.29 is 14.6 Å². The maximum absolute atomic E-state index is 12.1. The summed E-state index contributed by atoms with van der Waals surface area (Å²) in [7, 11) is 0. The zero-order valence-corrected chi connectivity index (χ0v) is 25.0. The van der Waals surface area contributed by atoms with E-state index in [9.17, 15) is 9.90 Å². The molecule has 0 aliphatic carbocycles. The number of aliphatic carboxylic acids is 1. The van der Waals surface area contributed by atoms with Crippen LogP contribution in [0, 0.1) is 19.8 Å². The molecule has 3 aliphatic heterocycles. The number of likely N-dealkylation sites (tertiary alicyclic amines) is 1. The van der Waals surface area contributed by atoms with Gasteiger partial charge in [-0.1, -0.05) is 6.07 Å². The van der Waals surface area contributed by atoms with Gasteiger partial charge < -0.3 is 25.0 Å². The van der Waals surface area contributed by atoms with Gasteiger partial charge in [-0.05, 0) is 99.9 Å². The second-order valence-electron chi connectivity index (χ2n) is 12.3. The van der Waals surface area contributed by atoms with Crippen LogP contribution in [0.1, 0.15) is 59.8 Å². The van der Waals surface area contributed by atoms with E-state index in [1.54, 1.807) is 0 Å². The van der Waals surface area contributed by atoms with Crippen LogP contribution >= 0.6 is 0 Å². The number of morpholine rings is 1. The highest BCUT2D eigenvalue weighted by atomic mass is 16.5. The second kappa shape index (κ2) is 12.8. The molecule has 0 bridgehead atoms. The number of rotatable bonds is 10. The molecule has 2 fully saturated rings. The molecule has 2 N–H and O–H groups in total. The fourth-order valence-electron chi connectivity index (χ4n) is 6.86. The summed E-state index contributed by atoms with van der Waals surface area (Å²) in [4.78, 5) is 21.8. The Morgan fingerprint density at radius 1 is 1.12 bits per heavy atom. The topological polar surface area (TPSA) is 95.8 Å². The summed E-state index contributed by atoms with van der Waals surface area (Å²) in [5.41, 5.74) is 7.71. The Kier molecular flexibility index (Phi) is 8.76. The smallest absolute Gasteiger partial charge is 0.304 e. The van der Waals surface area contributed by atoms with Gasteiger partial charge in [0.1, 0.15) is 5.82 Å². The predicted molar refractivity (Wildman–Crippen MR) is 165 cm³/mol. The van der Waals surface area contributed by atoms with Crippen molar-refractivity contribution in [3.63, 3.8) is 0 Å². The monoisotopic (exact) mass is 572 g/mol. The maximum atomic E-state index is 12.1. The third-order valence-corrected chi connectivity index (χ3v) is 9.06. The molecule has 2 atom stereocenters. The van der Waals surface area contributed by atoms with E-state index < -0.39 is 5.97 Å². The van der Waals surface area contributed by atoms with Crippen molar-refractivity contribution in [2.24, 2.45) is 5.92 Å². The van der Waals surface area contributed by atoms with Crippen LogP contribution in [-0.4, -0.2) is 83.2 Å². The highest BCUT2D eigenvalue weighted by Gasteiger charge is 2.28. The number of anilines is 2. The molecular weight excluding hydrogens is 528 g/mol. The van der Waals surface area contributed by atoms with Crippen LogP contribution in [0.2, 0.25) is 0 Å². The van der Waals surface area contributed by atoms with E-state index in [0.717, 1.165) is 99.1 Å². The Labute approximate surface area is 248 Å². The minimum atomic E-state index is -0.757. The molecule has 1 aromatic carbocycles. The van der Waals surface area contributed by atoms with Gasteiger partial charge in [0.2, 0.25) is 0 Å². The minimum Gasteiger partial charge on any atom is -0.481 e. The average molecular weight is 573 g/mol. The fraction of sp³-hybridized carbons (Fsp3) is 0.545. The highest BCUT2D eigenvalue weighted by Crippen LogP contribution is 2.32. The molecule has 2 aromatic heterocycles. The highest BCUT2D eigenvalue weighted by molar-refractivity contribution is 5.68. The van der Waals surface area contributed by atoms with Crippen molar-refractivity contribution >= 4 is 17.5 Å². The molecule has 0 saturated carbocycles. The number of hydrogen-bond donors (Lipinski definition) is 2. The normalized spacial score (nSPS) is 19.9. The maximum Gasteiger partial charge on any atom is 0.304 e. The molecule has 9 heteroatoms. The van der Waals surface area contributed by atoms with Gasteiger partial charge in [-0.3, -0.25) is 4.79 Å². The summed E-state index contributed by atoms with van der Waals surface area (Å²) in [6, 6.07) is 13.1. The van der Waals surface area contributed by atoms with Gasteiger partial charge in [-0.2, -0.15) is 5.10 Å². The Morgan fingerprint density at radius 3 is 2.74 bits per heavy atom. The lowest BCUT2D eigenvalue weighted by atomic mass is 9.93. The SMILES string of the molecule is Cc1cc(C)n(-c2cc(C(CC(=O)O)CN3CCC(CCc4ccc5c(n4)NCCC5)C3)cc(N3CCOCC3)c2)n1. The first-order valence-electron chi connectivity index (χ1n) is 15.6. The third-order valence-electron chi connectivity index (χ3n) is 9.06. The van der Waals surface area contributed by atoms with Gasteiger partial charge in [0.15, 0.2) is 0 Å². The molecule has 0 radical (unpaired) electrons. The first-order valence-corrected chi connectivity index (χ1v) is 15.6. The number of nitrogens with zero attached hydrogens (tertiary/aromatic N) is 5. The van der Waals surface area contributed by atoms with Crippen molar-refractivity contribution in [1.29, 1.82) is 0 Å². The van der Waals surface area contributed by atoms with Crippen molar-refractivity contribution in [3.05, 3.63) is 64.6 Å². The number of aryl methyl sites for hydroxylation is 4. The van der Waals surface area contributed by atoms with Gasteiger partial charge in [0.05, 0.1) is 31.0 Å². The standard InChI is InChI=1S/C33H44N6O3/c1-23-16-24(2)39(36-23)31-18-27(17-30(20-31)38-12-14-42-15-13-38)28(19-32(40)41)22-37-11-9-25(21-37)5-7-29-8-6-26-4-3-10-34-33(26)35-29/h6,8,16-18,20,25,28H,3-5,7,9-15,19,21-22H2,1-2H3,(H,34,35)(H,40,41). The van der Waals surface area contributed by atoms with Crippen LogP contribution in [0.5, 0.6) is 0 Å². The number of benzene rings is 1. The molecule has 5 heterocycles. The number of fused-ring (bicyclic) bond motifs is 1. The Bertz CT molecular complexity index is 1400. The Balaban J connectivity index is 1.17. The minimum absolute atomic E-state index is 0.105. The largest absolute Gasteiger partial charge is 0.481 e. The fourth-order valence-corrected chi connectivity index (χ4v) is 6.86. The molecule has 9 nitrogen and oxygen atoms in total. The summed E-state index contributed by atoms with van der Waals surface area (Å²) >= 11 is 0. The molecular formula is C33H44N6O3. The molecule has 0 spiro atoms. The van der Waals surface area contributed by atoms with Gasteiger partial charge in [-0.25, -0.2) is 9.67 Å². The van der Waals surface area contributed by atoms with Gasteiger partial charge in [-0.15, -0.1) is 0 Å². The number of pyridine rings is 1. The van der Waals surface area contributed by atoms with E-state index in [2.05, 4.69) is 58.4 Å². The molecule has 3 aliphatic rings. The molecule has 2 unspecified atom stereocenters. The van der Waals surface area contributed by atoms with Crippen LogP contribution in [0.15, 0.2) is 36.4 Å². The molecule has 0 amide bonds. The first kappa shape index (κ1) is 28.7. The van der Waals surface area contributed by atoms with Crippen LogP contribution in [-0.2, 0) is 22.4 Å². The predicted octanol–water partition coefficient (Wildman–Crippen LogP) is 4.59. The quantitative estimate of drug-likeness (QED) is 0.364. The van der Waals surface area contributed by atoms with Crippen LogP contribution in [0.3, 0.4) is 0 Å². The summed E-state index contributed by atoms with van der Waals surface area (Å²) < 4.78 is 7.59. The molecule has 2 saturated heterocycles. The van der Waals surface area contributed by atoms with Gasteiger partial charge in [0.25, 0.3) is 0 Å². The van der Waals surface area contributed by atoms with Crippen molar-refractivity contribution in [3.8, 4) is 5.69 Å². The molecule has 42 heavy (non-hydrogen) atoms. The number of ether oxygens (including phenoxy) is 1. The van der Waals surface area contributed by atoms with Gasteiger partial charge in [0, 0.05) is 55.7 Å². The molecule has 224 valence electrons. The number of carboxylic acid groups (broad SMARTS) is 1. The summed E-state index contributed by atoms with van der Waals surface area (Å²) in [6.07, 6.45) is 5.64. The number of nitrogens with one attached hydrogen (secondary N) is 1. The van der Waals surface area contributed by atoms with Crippen molar-refractivity contribution in [2.45, 2.75) is 58.3 Å². The number of carboxylic acids is 1. The molecule has 6 rings (SSSR count). The Morgan fingerprint density at radius 2 is 1.95 bits per heavy atom. The zero-order valence-electron chi connectivity index (χ0n) is 25.0. The first-order chi connectivity index (χ1) is 20.4. The summed E-state index contributed by atoms with van der Waals surface area (Å²) in [5, 5.41) is 18.1. The average Bonchev–Trinajstić information content (AvgIpc) is 3.60. The zero-order chi connectivity index (χ0) is 29.1. The lowest BCUT2D eigenvalue weighted by Crippen LogP contribution is -2.36. The van der Waals surface area contributed by atoms with E-state index in [1.165, 1.54) is 17.7 Å². The van der Waals surface area contributed by atoms with Crippen molar-refractivity contribution in [2.75, 3.05) is 62.7 Å². The summed E-state index contributed by atoms with van der Waals surface area (Å²) in [5.74, 6) is 0.812. The number of hydrogen-bond acceptors (Lipinski definition) is 7. The van der Waals surface area contributed by atoms with Crippen LogP contribution < -0.4 is 10.2 Å². The van der Waals surface area contributed by atoms with Gasteiger partial charge >= 0.3 is 5.97 Å². The van der Waals surface area contributed by atoms with E-state index in [0.29, 0.717) is 19.1 Å². The van der Waals surface area contributed by atoms with E-state index in [1.807, 2.05) is 11.6 Å². The number of aromatic nitrogens is 3. The second-order valence-corrected chi connectivity index (χ2v) is 12.3.